The van der Waals surface area contributed by atoms with Crippen molar-refractivity contribution in [3.63, 3.8) is 0 Å². The Labute approximate surface area is 71.7 Å². The van der Waals surface area contributed by atoms with E-state index in [0.29, 0.717) is 5.84 Å². The van der Waals surface area contributed by atoms with Crippen molar-refractivity contribution < 1.29 is 9.76 Å². The van der Waals surface area contributed by atoms with E-state index in [0.717, 1.165) is 6.20 Å². The summed E-state index contributed by atoms with van der Waals surface area (Å²) in [5.41, 5.74) is 2.53. The number of nitrogens with zero attached hydrogens (tertiary/aromatic N) is 3. The van der Waals surface area contributed by atoms with Crippen molar-refractivity contribution in [2.75, 3.05) is 6.73 Å². The van der Waals surface area contributed by atoms with Gasteiger partial charge in [-0.2, -0.15) is 5.10 Å². The molecule has 0 spiro atoms. The Balaban J connectivity index is 2.39. The van der Waals surface area contributed by atoms with Crippen LogP contribution in [0.15, 0.2) is 11.2 Å². The lowest BCUT2D eigenvalue weighted by Gasteiger charge is -1.95. The van der Waals surface area contributed by atoms with Crippen molar-refractivity contribution in [1.29, 1.82) is 0 Å². The molecule has 0 saturated heterocycles. The lowest BCUT2D eigenvalue weighted by atomic mass is 10.3. The molecule has 1 aromatic heterocycles. The van der Waals surface area contributed by atoms with Crippen LogP contribution >= 0.6 is 0 Å². The van der Waals surface area contributed by atoms with Gasteiger partial charge in [-0.05, 0) is 0 Å². The van der Waals surface area contributed by atoms with Crippen LogP contribution in [0.3, 0.4) is 0 Å². The van der Waals surface area contributed by atoms with E-state index >= 15 is 0 Å². The Kier molecular flexibility index (Phi) is 1.67. The Bertz CT molecular complexity index is 370. The number of hydrogen-bond donors (Lipinski definition) is 2. The predicted octanol–water partition coefficient (Wildman–Crippen LogP) is -0.443. The standard InChI is InChI=1S/C5H5N5O3/c11-10(12)3-1-7-8-4(3)5-6-2-13-9-5/h1H,2H2,(H,6,9)(H,7,8). The third-order valence-corrected chi connectivity index (χ3v) is 1.51. The van der Waals surface area contributed by atoms with Gasteiger partial charge < -0.3 is 0 Å². The molecule has 0 fully saturated rings. The lowest BCUT2D eigenvalue weighted by Crippen LogP contribution is -2.19. The maximum absolute atomic E-state index is 10.5. The molecule has 8 nitrogen and oxygen atoms in total. The van der Waals surface area contributed by atoms with E-state index in [2.05, 4.69) is 20.7 Å². The molecule has 0 amide bonds. The van der Waals surface area contributed by atoms with Gasteiger partial charge in [-0.3, -0.25) is 20.1 Å². The topological polar surface area (TPSA) is 105 Å². The Morgan fingerprint density at radius 1 is 1.69 bits per heavy atom. The first-order chi connectivity index (χ1) is 6.29. The van der Waals surface area contributed by atoms with Crippen LogP contribution in [-0.4, -0.2) is 27.7 Å². The first kappa shape index (κ1) is 7.68. The highest BCUT2D eigenvalue weighted by Gasteiger charge is 2.22. The Hall–Kier alpha value is -1.96. The van der Waals surface area contributed by atoms with Crippen LogP contribution in [0.25, 0.3) is 0 Å². The average Bonchev–Trinajstić information content (AvgIpc) is 2.74. The van der Waals surface area contributed by atoms with Gasteiger partial charge in [-0.1, -0.05) is 0 Å². The summed E-state index contributed by atoms with van der Waals surface area (Å²) in [6.07, 6.45) is 1.12. The minimum Gasteiger partial charge on any atom is -0.268 e. The summed E-state index contributed by atoms with van der Waals surface area (Å²) < 4.78 is 0. The fourth-order valence-corrected chi connectivity index (χ4v) is 0.952. The fraction of sp³-hybridized carbons (Fsp3) is 0.200. The van der Waals surface area contributed by atoms with E-state index in [-0.39, 0.29) is 18.1 Å². The molecule has 2 N–H and O–H groups in total. The second-order valence-corrected chi connectivity index (χ2v) is 2.27. The Morgan fingerprint density at radius 3 is 3.15 bits per heavy atom. The monoisotopic (exact) mass is 183 g/mol. The van der Waals surface area contributed by atoms with E-state index in [1.165, 1.54) is 0 Å². The summed E-state index contributed by atoms with van der Waals surface area (Å²) in [5, 5.41) is 16.5. The van der Waals surface area contributed by atoms with Gasteiger partial charge in [-0.25, -0.2) is 10.5 Å². The summed E-state index contributed by atoms with van der Waals surface area (Å²) >= 11 is 0. The summed E-state index contributed by atoms with van der Waals surface area (Å²) in [5.74, 6) is 0.296. The van der Waals surface area contributed by atoms with Gasteiger partial charge in [0.2, 0.25) is 0 Å². The van der Waals surface area contributed by atoms with Gasteiger partial charge >= 0.3 is 5.69 Å². The molecule has 0 radical (unpaired) electrons. The summed E-state index contributed by atoms with van der Waals surface area (Å²) in [6, 6.07) is 0. The molecule has 0 bridgehead atoms. The van der Waals surface area contributed by atoms with Crippen molar-refractivity contribution >= 4 is 11.5 Å². The van der Waals surface area contributed by atoms with E-state index < -0.39 is 4.92 Å². The zero-order chi connectivity index (χ0) is 9.26. The third kappa shape index (κ3) is 1.22. The number of hydrogen-bond acceptors (Lipinski definition) is 6. The van der Waals surface area contributed by atoms with Crippen molar-refractivity contribution in [3.05, 3.63) is 22.0 Å². The molecule has 2 heterocycles. The summed E-state index contributed by atoms with van der Waals surface area (Å²) in [4.78, 5) is 18.4. The zero-order valence-corrected chi connectivity index (χ0v) is 6.35. The van der Waals surface area contributed by atoms with Crippen molar-refractivity contribution in [3.8, 4) is 0 Å². The third-order valence-electron chi connectivity index (χ3n) is 1.51. The van der Waals surface area contributed by atoms with Gasteiger partial charge in [0.05, 0.1) is 4.92 Å². The molecule has 0 aromatic carbocycles. The maximum Gasteiger partial charge on any atom is 0.317 e. The molecule has 68 valence electrons. The number of amidine groups is 1. The van der Waals surface area contributed by atoms with Crippen molar-refractivity contribution in [2.45, 2.75) is 0 Å². The zero-order valence-electron chi connectivity index (χ0n) is 6.35. The van der Waals surface area contributed by atoms with Crippen molar-refractivity contribution in [2.24, 2.45) is 4.99 Å². The van der Waals surface area contributed by atoms with Crippen LogP contribution < -0.4 is 5.48 Å². The SMILES string of the molecule is O=[N+]([O-])c1cn[nH]c1C1=NCON1. The highest BCUT2D eigenvalue weighted by Crippen LogP contribution is 2.15. The molecule has 0 aliphatic carbocycles. The van der Waals surface area contributed by atoms with Gasteiger partial charge in [0.1, 0.15) is 6.20 Å². The summed E-state index contributed by atoms with van der Waals surface area (Å²) in [7, 11) is 0. The molecule has 2 rings (SSSR count). The molecule has 1 aromatic rings. The molecular weight excluding hydrogens is 178 g/mol. The second-order valence-electron chi connectivity index (χ2n) is 2.27. The van der Waals surface area contributed by atoms with E-state index in [9.17, 15) is 10.1 Å². The van der Waals surface area contributed by atoms with Gasteiger partial charge in [-0.15, -0.1) is 0 Å². The molecule has 0 atom stereocenters. The largest absolute Gasteiger partial charge is 0.317 e. The first-order valence-electron chi connectivity index (χ1n) is 3.39. The second kappa shape index (κ2) is 2.83. The number of aromatic amines is 1. The molecule has 8 heteroatoms. The number of nitrogens with one attached hydrogen (secondary N) is 2. The van der Waals surface area contributed by atoms with E-state index in [4.69, 9.17) is 4.84 Å². The molecule has 0 saturated carbocycles. The van der Waals surface area contributed by atoms with Gasteiger partial charge in [0.25, 0.3) is 0 Å². The van der Waals surface area contributed by atoms with Crippen LogP contribution in [0.2, 0.25) is 0 Å². The minimum atomic E-state index is -0.540. The predicted molar refractivity (Wildman–Crippen MR) is 40.9 cm³/mol. The Morgan fingerprint density at radius 2 is 2.54 bits per heavy atom. The number of hydroxylamine groups is 1. The van der Waals surface area contributed by atoms with E-state index in [1.54, 1.807) is 0 Å². The highest BCUT2D eigenvalue weighted by atomic mass is 16.7. The van der Waals surface area contributed by atoms with Gasteiger partial charge in [0.15, 0.2) is 18.3 Å². The van der Waals surface area contributed by atoms with Crippen LogP contribution in [0.1, 0.15) is 5.69 Å². The fourth-order valence-electron chi connectivity index (χ4n) is 0.952. The number of rotatable bonds is 2. The van der Waals surface area contributed by atoms with Crippen LogP contribution in [-0.2, 0) is 4.84 Å². The molecule has 0 unspecified atom stereocenters. The molecule has 1 aliphatic rings. The number of H-pyrrole nitrogens is 1. The number of aliphatic imine (C=N–C) groups is 1. The molecular formula is C5H5N5O3. The normalized spacial score (nSPS) is 15.2. The smallest absolute Gasteiger partial charge is 0.268 e. The number of aromatic nitrogens is 2. The van der Waals surface area contributed by atoms with Crippen LogP contribution in [0.4, 0.5) is 5.69 Å². The lowest BCUT2D eigenvalue weighted by molar-refractivity contribution is -0.385. The average molecular weight is 183 g/mol. The molecule has 1 aliphatic heterocycles. The van der Waals surface area contributed by atoms with Crippen LogP contribution in [0.5, 0.6) is 0 Å². The van der Waals surface area contributed by atoms with E-state index in [1.807, 2.05) is 0 Å². The first-order valence-corrected chi connectivity index (χ1v) is 3.39. The summed E-state index contributed by atoms with van der Waals surface area (Å²) in [6.45, 7) is 0.144. The quantitative estimate of drug-likeness (QED) is 0.477. The maximum atomic E-state index is 10.5. The number of nitro groups is 1. The molecule has 13 heavy (non-hydrogen) atoms. The minimum absolute atomic E-state index is 0.128. The highest BCUT2D eigenvalue weighted by molar-refractivity contribution is 6.00. The van der Waals surface area contributed by atoms with Gasteiger partial charge in [0, 0.05) is 0 Å². The van der Waals surface area contributed by atoms with Crippen LogP contribution in [0, 0.1) is 10.1 Å². The van der Waals surface area contributed by atoms with Crippen molar-refractivity contribution in [1.82, 2.24) is 15.7 Å².